The highest BCUT2D eigenvalue weighted by atomic mass is 32.1. The van der Waals surface area contributed by atoms with Crippen LogP contribution in [-0.2, 0) is 18.0 Å². The van der Waals surface area contributed by atoms with E-state index in [1.807, 2.05) is 6.92 Å². The molecular formula is C36H38F3N7O3S. The van der Waals surface area contributed by atoms with Crippen LogP contribution in [0.2, 0.25) is 0 Å². The molecule has 10 rings (SSSR count). The molecular weight excluding hydrogens is 668 g/mol. The van der Waals surface area contributed by atoms with Gasteiger partial charge < -0.3 is 25.2 Å². The maximum atomic E-state index is 17.5. The van der Waals surface area contributed by atoms with E-state index < -0.39 is 23.3 Å². The molecule has 0 aliphatic carbocycles. The van der Waals surface area contributed by atoms with Crippen molar-refractivity contribution in [3.8, 4) is 23.2 Å². The lowest BCUT2D eigenvalue weighted by Crippen LogP contribution is -2.69. The highest BCUT2D eigenvalue weighted by Crippen LogP contribution is 2.50. The van der Waals surface area contributed by atoms with Crippen LogP contribution in [0.25, 0.3) is 32.1 Å². The summed E-state index contributed by atoms with van der Waals surface area (Å²) in [4.78, 5) is 16.4. The number of alkyl halides is 1. The average molecular weight is 706 g/mol. The molecule has 0 radical (unpaired) electrons. The number of aromatic nitrogens is 2. The van der Waals surface area contributed by atoms with E-state index in [1.54, 1.807) is 6.07 Å². The van der Waals surface area contributed by atoms with E-state index in [1.165, 1.54) is 6.07 Å². The van der Waals surface area contributed by atoms with Gasteiger partial charge in [0.25, 0.3) is 0 Å². The molecule has 262 valence electrons. The minimum absolute atomic E-state index is 0.00240. The number of halogens is 3. The average Bonchev–Trinajstić information content (AvgIpc) is 3.86. The zero-order valence-corrected chi connectivity index (χ0v) is 28.5. The van der Waals surface area contributed by atoms with E-state index in [9.17, 15) is 14.8 Å². The summed E-state index contributed by atoms with van der Waals surface area (Å²) in [5, 5.41) is 20.7. The molecule has 2 aromatic carbocycles. The molecule has 3 unspecified atom stereocenters. The first-order chi connectivity index (χ1) is 24.2. The van der Waals surface area contributed by atoms with Gasteiger partial charge in [-0.3, -0.25) is 9.80 Å². The van der Waals surface area contributed by atoms with Crippen molar-refractivity contribution in [2.75, 3.05) is 56.6 Å². The van der Waals surface area contributed by atoms with Gasteiger partial charge in [-0.25, -0.2) is 13.2 Å². The third-order valence-electron chi connectivity index (χ3n) is 11.6. The number of anilines is 2. The predicted molar refractivity (Wildman–Crippen MR) is 184 cm³/mol. The lowest BCUT2D eigenvalue weighted by molar-refractivity contribution is 0.0868. The molecule has 8 heterocycles. The normalized spacial score (nSPS) is 26.7. The van der Waals surface area contributed by atoms with Crippen LogP contribution in [0.3, 0.4) is 0 Å². The van der Waals surface area contributed by atoms with Crippen LogP contribution in [0.5, 0.6) is 6.01 Å². The summed E-state index contributed by atoms with van der Waals surface area (Å²) in [7, 11) is 0. The fourth-order valence-electron chi connectivity index (χ4n) is 9.38. The number of fused-ring (bicyclic) bond motifs is 7. The van der Waals surface area contributed by atoms with Crippen molar-refractivity contribution in [2.45, 2.75) is 69.6 Å². The van der Waals surface area contributed by atoms with Crippen LogP contribution in [0.4, 0.5) is 24.0 Å². The lowest BCUT2D eigenvalue weighted by Gasteiger charge is -2.57. The highest BCUT2D eigenvalue weighted by molar-refractivity contribution is 7.23. The number of nitrogens with two attached hydrogens (primary N) is 1. The Hall–Kier alpha value is -3.74. The molecule has 14 heteroatoms. The van der Waals surface area contributed by atoms with Crippen LogP contribution in [-0.4, -0.2) is 94.6 Å². The van der Waals surface area contributed by atoms with Gasteiger partial charge in [-0.2, -0.15) is 15.2 Å². The van der Waals surface area contributed by atoms with Crippen molar-refractivity contribution in [3.63, 3.8) is 0 Å². The van der Waals surface area contributed by atoms with Crippen molar-refractivity contribution < 1.29 is 27.8 Å². The molecule has 2 bridgehead atoms. The number of piperidine rings is 1. The van der Waals surface area contributed by atoms with E-state index in [2.05, 4.69) is 20.8 Å². The van der Waals surface area contributed by atoms with E-state index >= 15 is 8.78 Å². The number of rotatable bonds is 8. The van der Waals surface area contributed by atoms with Crippen LogP contribution in [0.15, 0.2) is 12.1 Å². The fourth-order valence-corrected chi connectivity index (χ4v) is 10.3. The Morgan fingerprint density at radius 1 is 1.16 bits per heavy atom. The molecule has 5 fully saturated rings. The molecule has 0 amide bonds. The first-order valence-electron chi connectivity index (χ1n) is 17.4. The Morgan fingerprint density at radius 3 is 2.74 bits per heavy atom. The Labute approximate surface area is 291 Å². The second kappa shape index (κ2) is 11.9. The number of nitrogens with zero attached hydrogens (tertiary/aromatic N) is 6. The van der Waals surface area contributed by atoms with E-state index in [0.717, 1.165) is 56.8 Å². The van der Waals surface area contributed by atoms with E-state index in [-0.39, 0.29) is 83.0 Å². The van der Waals surface area contributed by atoms with Crippen molar-refractivity contribution in [2.24, 2.45) is 5.92 Å². The fraction of sp³-hybridized carbons (Fsp3) is 0.528. The predicted octanol–water partition coefficient (Wildman–Crippen LogP) is 5.12. The molecule has 5 saturated heterocycles. The highest BCUT2D eigenvalue weighted by Gasteiger charge is 2.50. The van der Waals surface area contributed by atoms with Gasteiger partial charge in [0, 0.05) is 72.5 Å². The first-order valence-corrected chi connectivity index (χ1v) is 18.2. The standard InChI is InChI=1S/C36H38F3N7O3S/c1-18(14-47)10-44-12-20-7-21(13-44)46(20)34-29-24-16-48-15-23(24)28(30-25(38)3-4-26-27(30)22(9-40)33(41)50-26)31(39)32(29)42-35(43-34)49-17-36-5-2-6-45(36)11-19(37)8-36/h3-4,18-21,47H,2,5-8,10-17,41H2,1H3/t18?,19-,20?,21?,36+/m1/s1. The SMILES string of the molecule is CC(CO)CN1CC2CC(C1)N2c1nc(OC[C@@]23CCCN2C[C@H](F)C3)nc2c(F)c(-c3c(F)ccc4sc(N)c(C#N)c34)c3c(c12)COC3. The van der Waals surface area contributed by atoms with Gasteiger partial charge in [0.1, 0.15) is 41.0 Å². The molecule has 50 heavy (non-hydrogen) atoms. The Morgan fingerprint density at radius 2 is 1.96 bits per heavy atom. The third-order valence-corrected chi connectivity index (χ3v) is 12.6. The summed E-state index contributed by atoms with van der Waals surface area (Å²) in [5.74, 6) is -0.720. The summed E-state index contributed by atoms with van der Waals surface area (Å²) in [5.41, 5.74) is 6.97. The second-order valence-corrected chi connectivity index (χ2v) is 15.8. The maximum absolute atomic E-state index is 17.5. The number of benzene rings is 2. The van der Waals surface area contributed by atoms with Crippen LogP contribution >= 0.6 is 11.3 Å². The largest absolute Gasteiger partial charge is 0.461 e. The minimum Gasteiger partial charge on any atom is -0.461 e. The monoisotopic (exact) mass is 705 g/mol. The summed E-state index contributed by atoms with van der Waals surface area (Å²) in [6.07, 6.45) is 2.12. The molecule has 3 N–H and O–H groups in total. The number of piperazine rings is 1. The van der Waals surface area contributed by atoms with Gasteiger partial charge in [0.05, 0.1) is 29.7 Å². The summed E-state index contributed by atoms with van der Waals surface area (Å²) < 4.78 is 61.0. The zero-order valence-electron chi connectivity index (χ0n) is 27.7. The molecule has 6 aliphatic heterocycles. The summed E-state index contributed by atoms with van der Waals surface area (Å²) >= 11 is 1.16. The van der Waals surface area contributed by atoms with Crippen molar-refractivity contribution >= 4 is 43.1 Å². The van der Waals surface area contributed by atoms with Gasteiger partial charge in [-0.1, -0.05) is 6.92 Å². The number of ether oxygens (including phenoxy) is 2. The van der Waals surface area contributed by atoms with Gasteiger partial charge in [-0.05, 0) is 55.0 Å². The lowest BCUT2D eigenvalue weighted by atomic mass is 9.85. The van der Waals surface area contributed by atoms with Crippen molar-refractivity contribution in [3.05, 3.63) is 40.5 Å². The van der Waals surface area contributed by atoms with Crippen molar-refractivity contribution in [1.29, 1.82) is 5.26 Å². The summed E-state index contributed by atoms with van der Waals surface area (Å²) in [6.45, 7) is 6.00. The molecule has 10 nitrogen and oxygen atoms in total. The van der Waals surface area contributed by atoms with Crippen LogP contribution < -0.4 is 15.4 Å². The zero-order chi connectivity index (χ0) is 34.5. The topological polar surface area (TPSA) is 124 Å². The number of hydrogen-bond donors (Lipinski definition) is 2. The minimum atomic E-state index is -0.936. The number of nitrogen functional groups attached to an aromatic ring is 1. The number of aliphatic hydroxyl groups is 1. The van der Waals surface area contributed by atoms with Crippen LogP contribution in [0, 0.1) is 28.9 Å². The summed E-state index contributed by atoms with van der Waals surface area (Å²) in [6, 6.07) is 5.14. The molecule has 2 aromatic heterocycles. The Balaban J connectivity index is 1.22. The number of nitriles is 1. The van der Waals surface area contributed by atoms with Gasteiger partial charge in [-0.15, -0.1) is 11.3 Å². The Bertz CT molecular complexity index is 2080. The second-order valence-electron chi connectivity index (χ2n) is 14.8. The van der Waals surface area contributed by atoms with Crippen LogP contribution in [0.1, 0.15) is 49.3 Å². The number of thiophene rings is 1. The number of hydrogen-bond acceptors (Lipinski definition) is 11. The van der Waals surface area contributed by atoms with E-state index in [4.69, 9.17) is 25.2 Å². The van der Waals surface area contributed by atoms with Gasteiger partial charge >= 0.3 is 6.01 Å². The quantitative estimate of drug-likeness (QED) is 0.255. The first kappa shape index (κ1) is 32.2. The molecule has 0 saturated carbocycles. The van der Waals surface area contributed by atoms with Crippen molar-refractivity contribution in [1.82, 2.24) is 19.8 Å². The third kappa shape index (κ3) is 4.81. The molecule has 5 atom stereocenters. The van der Waals surface area contributed by atoms with E-state index in [0.29, 0.717) is 40.0 Å². The molecule has 0 spiro atoms. The smallest absolute Gasteiger partial charge is 0.319 e. The maximum Gasteiger partial charge on any atom is 0.319 e. The number of aliphatic hydroxyl groups excluding tert-OH is 1. The molecule has 4 aromatic rings. The molecule has 6 aliphatic rings. The van der Waals surface area contributed by atoms with Gasteiger partial charge in [0.15, 0.2) is 5.82 Å². The Kier molecular flexibility index (Phi) is 7.67. The van der Waals surface area contributed by atoms with Gasteiger partial charge in [0.2, 0.25) is 0 Å².